The average molecular weight is 248 g/mol. The van der Waals surface area contributed by atoms with Crippen molar-refractivity contribution in [1.29, 1.82) is 10.5 Å². The molecule has 1 aromatic rings. The summed E-state index contributed by atoms with van der Waals surface area (Å²) >= 11 is 5.56. The first kappa shape index (κ1) is 13.0. The number of amides is 1. The maximum atomic E-state index is 11.6. The normalized spacial score (nSPS) is 11.1. The summed E-state index contributed by atoms with van der Waals surface area (Å²) in [6.07, 6.45) is 0. The lowest BCUT2D eigenvalue weighted by atomic mass is 10.1. The molecular weight excluding hydrogens is 238 g/mol. The Hall–Kier alpha value is -2.04. The van der Waals surface area contributed by atoms with Gasteiger partial charge in [0.25, 0.3) is 0 Å². The molecule has 4 nitrogen and oxygen atoms in total. The maximum absolute atomic E-state index is 11.6. The third-order valence-electron chi connectivity index (χ3n) is 2.21. The van der Waals surface area contributed by atoms with Crippen LogP contribution in [0, 0.1) is 28.6 Å². The van der Waals surface area contributed by atoms with E-state index in [0.29, 0.717) is 5.69 Å². The van der Waals surface area contributed by atoms with Crippen LogP contribution in [0.4, 0.5) is 5.69 Å². The Balaban J connectivity index is 2.92. The molecular formula is C12H10ClN3O. The van der Waals surface area contributed by atoms with Crippen LogP contribution in [-0.4, -0.2) is 11.8 Å². The number of hydrogen-bond acceptors (Lipinski definition) is 3. The van der Waals surface area contributed by atoms with Gasteiger partial charge in [-0.25, -0.2) is 0 Å². The van der Waals surface area contributed by atoms with E-state index < -0.39 is 0 Å². The first-order valence-corrected chi connectivity index (χ1v) is 5.47. The second-order valence-electron chi connectivity index (χ2n) is 3.53. The Morgan fingerprint density at radius 2 is 2.06 bits per heavy atom. The standard InChI is InChI=1S/C12H10ClN3O/c1-8(5-13)12(17)16-11-3-2-9(6-14)10(4-11)7-15/h2-4,8H,5H2,1H3,(H,16,17). The van der Waals surface area contributed by atoms with Gasteiger partial charge in [0.1, 0.15) is 12.1 Å². The minimum Gasteiger partial charge on any atom is -0.326 e. The molecule has 1 unspecified atom stereocenters. The summed E-state index contributed by atoms with van der Waals surface area (Å²) in [6, 6.07) is 8.36. The zero-order valence-corrected chi connectivity index (χ0v) is 9.95. The lowest BCUT2D eigenvalue weighted by Crippen LogP contribution is -2.21. The molecule has 0 aliphatic rings. The summed E-state index contributed by atoms with van der Waals surface area (Å²) in [5.41, 5.74) is 1.02. The number of nitrogens with one attached hydrogen (secondary N) is 1. The summed E-state index contributed by atoms with van der Waals surface area (Å²) in [5.74, 6) is -0.292. The molecule has 5 heteroatoms. The van der Waals surface area contributed by atoms with Gasteiger partial charge in [0.15, 0.2) is 0 Å². The first-order chi connectivity index (χ1) is 8.12. The summed E-state index contributed by atoms with van der Waals surface area (Å²) in [7, 11) is 0. The second kappa shape index (κ2) is 5.89. The summed E-state index contributed by atoms with van der Waals surface area (Å²) < 4.78 is 0. The molecule has 17 heavy (non-hydrogen) atoms. The third kappa shape index (κ3) is 3.21. The molecule has 0 fully saturated rings. The van der Waals surface area contributed by atoms with Gasteiger partial charge >= 0.3 is 0 Å². The van der Waals surface area contributed by atoms with Gasteiger partial charge in [-0.3, -0.25) is 4.79 Å². The molecule has 0 saturated carbocycles. The van der Waals surface area contributed by atoms with Crippen molar-refractivity contribution in [2.75, 3.05) is 11.2 Å². The van der Waals surface area contributed by atoms with Crippen molar-refractivity contribution in [3.8, 4) is 12.1 Å². The lowest BCUT2D eigenvalue weighted by molar-refractivity contribution is -0.118. The first-order valence-electron chi connectivity index (χ1n) is 4.93. The highest BCUT2D eigenvalue weighted by Crippen LogP contribution is 2.15. The van der Waals surface area contributed by atoms with Crippen molar-refractivity contribution in [3.05, 3.63) is 29.3 Å². The fourth-order valence-electron chi connectivity index (χ4n) is 1.15. The van der Waals surface area contributed by atoms with Crippen LogP contribution < -0.4 is 5.32 Å². The number of halogens is 1. The molecule has 86 valence electrons. The van der Waals surface area contributed by atoms with Gasteiger partial charge in [-0.15, -0.1) is 11.6 Å². The Labute approximate surface area is 104 Å². The molecule has 0 spiro atoms. The van der Waals surface area contributed by atoms with Crippen molar-refractivity contribution in [2.24, 2.45) is 5.92 Å². The fraction of sp³-hybridized carbons (Fsp3) is 0.250. The average Bonchev–Trinajstić information content (AvgIpc) is 2.37. The van der Waals surface area contributed by atoms with Crippen molar-refractivity contribution in [2.45, 2.75) is 6.92 Å². The van der Waals surface area contributed by atoms with E-state index in [1.54, 1.807) is 13.0 Å². The van der Waals surface area contributed by atoms with E-state index in [0.717, 1.165) is 0 Å². The van der Waals surface area contributed by atoms with E-state index >= 15 is 0 Å². The highest BCUT2D eigenvalue weighted by atomic mass is 35.5. The Morgan fingerprint density at radius 1 is 1.41 bits per heavy atom. The van der Waals surface area contributed by atoms with Crippen molar-refractivity contribution < 1.29 is 4.79 Å². The maximum Gasteiger partial charge on any atom is 0.228 e. The number of carbonyl (C=O) groups is 1. The van der Waals surface area contributed by atoms with Crippen LogP contribution in [-0.2, 0) is 4.79 Å². The van der Waals surface area contributed by atoms with Gasteiger partial charge in [-0.05, 0) is 18.2 Å². The number of nitrogens with zero attached hydrogens (tertiary/aromatic N) is 2. The summed E-state index contributed by atoms with van der Waals surface area (Å²) in [6.45, 7) is 1.71. The molecule has 0 aliphatic heterocycles. The molecule has 0 aromatic heterocycles. The monoisotopic (exact) mass is 247 g/mol. The number of anilines is 1. The molecule has 0 aliphatic carbocycles. The number of benzene rings is 1. The van der Waals surface area contributed by atoms with Gasteiger partial charge in [-0.2, -0.15) is 10.5 Å². The summed E-state index contributed by atoms with van der Waals surface area (Å²) in [4.78, 5) is 11.6. The molecule has 1 rings (SSSR count). The highest BCUT2D eigenvalue weighted by molar-refractivity contribution is 6.19. The molecule has 1 atom stereocenters. The van der Waals surface area contributed by atoms with Gasteiger partial charge in [0.05, 0.1) is 11.1 Å². The largest absolute Gasteiger partial charge is 0.326 e. The topological polar surface area (TPSA) is 76.7 Å². The van der Waals surface area contributed by atoms with Gasteiger partial charge in [0, 0.05) is 17.5 Å². The van der Waals surface area contributed by atoms with E-state index in [-0.39, 0.29) is 28.8 Å². The van der Waals surface area contributed by atoms with E-state index in [1.165, 1.54) is 12.1 Å². The van der Waals surface area contributed by atoms with E-state index in [2.05, 4.69) is 5.32 Å². The van der Waals surface area contributed by atoms with Crippen LogP contribution >= 0.6 is 11.6 Å². The van der Waals surface area contributed by atoms with Gasteiger partial charge in [0.2, 0.25) is 5.91 Å². The predicted octanol–water partition coefficient (Wildman–Crippen LogP) is 2.24. The van der Waals surface area contributed by atoms with Crippen molar-refractivity contribution in [3.63, 3.8) is 0 Å². The predicted molar refractivity (Wildman–Crippen MR) is 64.4 cm³/mol. The van der Waals surface area contributed by atoms with Crippen LogP contribution in [0.3, 0.4) is 0 Å². The smallest absolute Gasteiger partial charge is 0.228 e. The zero-order chi connectivity index (χ0) is 12.8. The van der Waals surface area contributed by atoms with Crippen molar-refractivity contribution >= 4 is 23.2 Å². The lowest BCUT2D eigenvalue weighted by Gasteiger charge is -2.09. The molecule has 1 amide bonds. The number of carbonyl (C=O) groups excluding carboxylic acids is 1. The summed E-state index contributed by atoms with van der Waals surface area (Å²) in [5, 5.41) is 20.2. The minimum atomic E-state index is -0.308. The van der Waals surface area contributed by atoms with Gasteiger partial charge in [-0.1, -0.05) is 6.92 Å². The fourth-order valence-corrected chi connectivity index (χ4v) is 1.29. The molecule has 1 aromatic carbocycles. The van der Waals surface area contributed by atoms with E-state index in [4.69, 9.17) is 22.1 Å². The second-order valence-corrected chi connectivity index (χ2v) is 3.84. The highest BCUT2D eigenvalue weighted by Gasteiger charge is 2.12. The molecule has 0 heterocycles. The SMILES string of the molecule is CC(CCl)C(=O)Nc1ccc(C#N)c(C#N)c1. The van der Waals surface area contributed by atoms with E-state index in [1.807, 2.05) is 12.1 Å². The third-order valence-corrected chi connectivity index (χ3v) is 2.67. The molecule has 0 saturated heterocycles. The van der Waals surface area contributed by atoms with Crippen molar-refractivity contribution in [1.82, 2.24) is 0 Å². The molecule has 0 bridgehead atoms. The zero-order valence-electron chi connectivity index (χ0n) is 9.20. The quantitative estimate of drug-likeness (QED) is 0.832. The number of alkyl halides is 1. The number of nitriles is 2. The Kier molecular flexibility index (Phi) is 4.51. The van der Waals surface area contributed by atoms with Crippen LogP contribution in [0.25, 0.3) is 0 Å². The van der Waals surface area contributed by atoms with Crippen LogP contribution in [0.15, 0.2) is 18.2 Å². The van der Waals surface area contributed by atoms with Gasteiger partial charge < -0.3 is 5.32 Å². The minimum absolute atomic E-state index is 0.214. The number of rotatable bonds is 3. The molecule has 1 N–H and O–H groups in total. The van der Waals surface area contributed by atoms with E-state index in [9.17, 15) is 4.79 Å². The molecule has 0 radical (unpaired) electrons. The number of hydrogen-bond donors (Lipinski definition) is 1. The Bertz CT molecular complexity index is 513. The van der Waals surface area contributed by atoms with Crippen LogP contribution in [0.5, 0.6) is 0 Å². The van der Waals surface area contributed by atoms with Crippen LogP contribution in [0.2, 0.25) is 0 Å². The Morgan fingerprint density at radius 3 is 2.59 bits per heavy atom. The van der Waals surface area contributed by atoms with Crippen LogP contribution in [0.1, 0.15) is 18.1 Å².